The van der Waals surface area contributed by atoms with Crippen LogP contribution < -0.4 is 10.2 Å². The summed E-state index contributed by atoms with van der Waals surface area (Å²) >= 11 is 0. The van der Waals surface area contributed by atoms with E-state index in [1.54, 1.807) is 31.2 Å². The highest BCUT2D eigenvalue weighted by Crippen LogP contribution is 2.26. The van der Waals surface area contributed by atoms with Crippen LogP contribution in [0.2, 0.25) is 0 Å². The first-order chi connectivity index (χ1) is 16.4. The topological polar surface area (TPSA) is 69.7 Å². The van der Waals surface area contributed by atoms with Crippen molar-refractivity contribution < 1.29 is 14.4 Å². The van der Waals surface area contributed by atoms with Gasteiger partial charge in [0.05, 0.1) is 0 Å². The van der Waals surface area contributed by atoms with Crippen molar-refractivity contribution in [1.82, 2.24) is 4.90 Å². The fourth-order valence-corrected chi connectivity index (χ4v) is 4.34. The maximum Gasteiger partial charge on any atom is 0.246 e. The number of anilines is 2. The second-order valence-corrected chi connectivity index (χ2v) is 8.57. The van der Waals surface area contributed by atoms with Crippen LogP contribution >= 0.6 is 0 Å². The van der Waals surface area contributed by atoms with Crippen LogP contribution in [0.25, 0.3) is 0 Å². The van der Waals surface area contributed by atoms with Crippen molar-refractivity contribution in [2.24, 2.45) is 0 Å². The molecule has 3 aromatic carbocycles. The normalized spacial score (nSPS) is 14.9. The van der Waals surface area contributed by atoms with Crippen molar-refractivity contribution in [3.63, 3.8) is 0 Å². The molecule has 0 radical (unpaired) electrons. The standard InChI is InChI=1S/C28H29N3O3/c1-20(32)22-11-13-26(14-12-22)30-15-17-31(18-16-30)27(23-7-4-3-5-8-23)28(34)29-25-10-6-9-24(19-25)21(2)33/h3-14,19,27H,15-18H2,1-2H3,(H,29,34). The maximum atomic E-state index is 13.5. The monoisotopic (exact) mass is 455 g/mol. The van der Waals surface area contributed by atoms with E-state index < -0.39 is 6.04 Å². The molecule has 0 aliphatic carbocycles. The Balaban J connectivity index is 1.50. The average Bonchev–Trinajstić information content (AvgIpc) is 2.85. The number of hydrogen-bond donors (Lipinski definition) is 1. The highest BCUT2D eigenvalue weighted by molar-refractivity contribution is 5.99. The van der Waals surface area contributed by atoms with Crippen molar-refractivity contribution in [3.8, 4) is 0 Å². The number of hydrogen-bond acceptors (Lipinski definition) is 5. The molecule has 0 aromatic heterocycles. The number of carbonyl (C=O) groups excluding carboxylic acids is 3. The predicted molar refractivity (Wildman–Crippen MR) is 134 cm³/mol. The number of Topliss-reactive ketones (excluding diaryl/α,β-unsaturated/α-hetero) is 2. The molecule has 0 saturated carbocycles. The molecule has 174 valence electrons. The Bertz CT molecular complexity index is 1170. The number of piperazine rings is 1. The van der Waals surface area contributed by atoms with Crippen LogP contribution in [0.5, 0.6) is 0 Å². The van der Waals surface area contributed by atoms with E-state index in [1.165, 1.54) is 6.92 Å². The van der Waals surface area contributed by atoms with Crippen LogP contribution in [0.3, 0.4) is 0 Å². The predicted octanol–water partition coefficient (Wildman–Crippen LogP) is 4.59. The lowest BCUT2D eigenvalue weighted by Gasteiger charge is -2.39. The summed E-state index contributed by atoms with van der Waals surface area (Å²) < 4.78 is 0. The van der Waals surface area contributed by atoms with Crippen LogP contribution in [-0.4, -0.2) is 48.6 Å². The lowest BCUT2D eigenvalue weighted by atomic mass is 10.0. The van der Waals surface area contributed by atoms with Gasteiger partial charge in [-0.05, 0) is 55.8 Å². The zero-order valence-electron chi connectivity index (χ0n) is 19.5. The van der Waals surface area contributed by atoms with Gasteiger partial charge < -0.3 is 10.2 Å². The Morgan fingerprint density at radius 3 is 2.00 bits per heavy atom. The smallest absolute Gasteiger partial charge is 0.246 e. The first-order valence-corrected chi connectivity index (χ1v) is 11.5. The van der Waals surface area contributed by atoms with Crippen molar-refractivity contribution >= 4 is 28.8 Å². The van der Waals surface area contributed by atoms with Gasteiger partial charge in [0, 0.05) is 48.7 Å². The molecular weight excluding hydrogens is 426 g/mol. The molecule has 0 bridgehead atoms. The summed E-state index contributed by atoms with van der Waals surface area (Å²) in [5.41, 5.74) is 3.90. The largest absolute Gasteiger partial charge is 0.369 e. The number of nitrogens with zero attached hydrogens (tertiary/aromatic N) is 2. The van der Waals surface area contributed by atoms with Gasteiger partial charge in [-0.2, -0.15) is 0 Å². The molecule has 1 aliphatic heterocycles. The molecule has 1 fully saturated rings. The first kappa shape index (κ1) is 23.4. The van der Waals surface area contributed by atoms with Gasteiger partial charge in [0.1, 0.15) is 6.04 Å². The molecule has 0 spiro atoms. The first-order valence-electron chi connectivity index (χ1n) is 11.5. The average molecular weight is 456 g/mol. The van der Waals surface area contributed by atoms with E-state index in [2.05, 4.69) is 15.1 Å². The highest BCUT2D eigenvalue weighted by atomic mass is 16.2. The van der Waals surface area contributed by atoms with E-state index in [4.69, 9.17) is 0 Å². The van der Waals surface area contributed by atoms with Crippen LogP contribution in [0.15, 0.2) is 78.9 Å². The molecule has 4 rings (SSSR count). The molecule has 1 atom stereocenters. The molecule has 1 aliphatic rings. The Morgan fingerprint density at radius 2 is 1.38 bits per heavy atom. The van der Waals surface area contributed by atoms with E-state index in [9.17, 15) is 14.4 Å². The number of benzene rings is 3. The molecule has 1 saturated heterocycles. The summed E-state index contributed by atoms with van der Waals surface area (Å²) in [6, 6.07) is 24.1. The molecule has 1 heterocycles. The third-order valence-electron chi connectivity index (χ3n) is 6.22. The second kappa shape index (κ2) is 10.4. The van der Waals surface area contributed by atoms with E-state index in [0.29, 0.717) is 16.8 Å². The molecule has 1 unspecified atom stereocenters. The third-order valence-corrected chi connectivity index (χ3v) is 6.22. The summed E-state index contributed by atoms with van der Waals surface area (Å²) in [6.45, 7) is 6.06. The van der Waals surface area contributed by atoms with Gasteiger partial charge in [-0.25, -0.2) is 0 Å². The second-order valence-electron chi connectivity index (χ2n) is 8.57. The molecule has 6 nitrogen and oxygen atoms in total. The zero-order chi connectivity index (χ0) is 24.1. The quantitative estimate of drug-likeness (QED) is 0.528. The highest BCUT2D eigenvalue weighted by Gasteiger charge is 2.30. The van der Waals surface area contributed by atoms with Gasteiger partial charge in [0.25, 0.3) is 0 Å². The van der Waals surface area contributed by atoms with E-state index in [1.807, 2.05) is 54.6 Å². The van der Waals surface area contributed by atoms with Gasteiger partial charge in [0.2, 0.25) is 5.91 Å². The Kier molecular flexibility index (Phi) is 7.18. The van der Waals surface area contributed by atoms with E-state index in [-0.39, 0.29) is 17.5 Å². The van der Waals surface area contributed by atoms with E-state index in [0.717, 1.165) is 37.4 Å². The number of ketones is 2. The van der Waals surface area contributed by atoms with Crippen LogP contribution in [0.4, 0.5) is 11.4 Å². The van der Waals surface area contributed by atoms with Crippen molar-refractivity contribution in [1.29, 1.82) is 0 Å². The molecule has 1 N–H and O–H groups in total. The summed E-state index contributed by atoms with van der Waals surface area (Å²) in [4.78, 5) is 41.2. The minimum atomic E-state index is -0.440. The van der Waals surface area contributed by atoms with Crippen molar-refractivity contribution in [2.45, 2.75) is 19.9 Å². The number of rotatable bonds is 7. The van der Waals surface area contributed by atoms with Crippen LogP contribution in [-0.2, 0) is 4.79 Å². The fraction of sp³-hybridized carbons (Fsp3) is 0.250. The molecular formula is C28H29N3O3. The SMILES string of the molecule is CC(=O)c1ccc(N2CCN(C(C(=O)Nc3cccc(C(C)=O)c3)c3ccccc3)CC2)cc1. The molecule has 6 heteroatoms. The summed E-state index contributed by atoms with van der Waals surface area (Å²) in [7, 11) is 0. The fourth-order valence-electron chi connectivity index (χ4n) is 4.34. The van der Waals surface area contributed by atoms with Crippen molar-refractivity contribution in [3.05, 3.63) is 95.6 Å². The van der Waals surface area contributed by atoms with Gasteiger partial charge in [-0.15, -0.1) is 0 Å². The maximum absolute atomic E-state index is 13.5. The number of amides is 1. The number of carbonyl (C=O) groups is 3. The summed E-state index contributed by atoms with van der Waals surface area (Å²) in [5, 5.41) is 3.01. The van der Waals surface area contributed by atoms with Gasteiger partial charge in [-0.3, -0.25) is 19.3 Å². The minimum absolute atomic E-state index is 0.0387. The Hall–Kier alpha value is -3.77. The molecule has 3 aromatic rings. The van der Waals surface area contributed by atoms with E-state index >= 15 is 0 Å². The Labute approximate surface area is 200 Å². The van der Waals surface area contributed by atoms with Crippen LogP contribution in [0, 0.1) is 0 Å². The summed E-state index contributed by atoms with van der Waals surface area (Å²) in [6.07, 6.45) is 0. The third kappa shape index (κ3) is 5.41. The van der Waals surface area contributed by atoms with Gasteiger partial charge in [-0.1, -0.05) is 42.5 Å². The molecule has 34 heavy (non-hydrogen) atoms. The number of nitrogens with one attached hydrogen (secondary N) is 1. The van der Waals surface area contributed by atoms with Crippen LogP contribution in [0.1, 0.15) is 46.2 Å². The lowest BCUT2D eigenvalue weighted by Crippen LogP contribution is -2.50. The van der Waals surface area contributed by atoms with Gasteiger partial charge in [0.15, 0.2) is 11.6 Å². The molecule has 1 amide bonds. The van der Waals surface area contributed by atoms with Gasteiger partial charge >= 0.3 is 0 Å². The zero-order valence-corrected chi connectivity index (χ0v) is 19.5. The Morgan fingerprint density at radius 1 is 0.735 bits per heavy atom. The minimum Gasteiger partial charge on any atom is -0.369 e. The lowest BCUT2D eigenvalue weighted by molar-refractivity contribution is -0.121. The van der Waals surface area contributed by atoms with Crippen molar-refractivity contribution in [2.75, 3.05) is 36.4 Å². The summed E-state index contributed by atoms with van der Waals surface area (Å²) in [5.74, 6) is -0.101.